The van der Waals surface area contributed by atoms with Gasteiger partial charge in [-0.05, 0) is 48.6 Å². The maximum atomic E-state index is 12.2. The maximum absolute atomic E-state index is 12.2. The number of nitrogens with zero attached hydrogens (tertiary/aromatic N) is 1. The fraction of sp³-hybridized carbons (Fsp3) is 0.333. The molecule has 8 heteroatoms. The number of hydrogen-bond acceptors (Lipinski definition) is 6. The van der Waals surface area contributed by atoms with Crippen LogP contribution in [0.4, 0.5) is 10.8 Å². The van der Waals surface area contributed by atoms with Crippen LogP contribution in [0, 0.1) is 17.8 Å². The zero-order chi connectivity index (χ0) is 22.5. The first kappa shape index (κ1) is 22.3. The van der Waals surface area contributed by atoms with Crippen LogP contribution in [0.15, 0.2) is 30.3 Å². The molecule has 0 spiro atoms. The smallest absolute Gasteiger partial charge is 0.220 e. The largest absolute Gasteiger partial charge is 0.506 e. The number of fused-ring (bicyclic) bond motifs is 1. The standard InChI is InChI=1S/C24H25ClN4O2S/c25-18-8-7-17(14-28-22(31)13-15-4-1-2-5-15)10-19(18)27-9-3-6-16-11-20(30)23-21(12-16)32-24(26)29-23/h7-8,10-12,15,27,30H,1-2,4-5,9,13-14H2,(H2,26,29)(H,28,31). The van der Waals surface area contributed by atoms with E-state index < -0.39 is 0 Å². The highest BCUT2D eigenvalue weighted by molar-refractivity contribution is 7.22. The molecule has 0 bridgehead atoms. The number of phenols is 1. The van der Waals surface area contributed by atoms with E-state index in [0.717, 1.165) is 28.8 Å². The highest BCUT2D eigenvalue weighted by atomic mass is 35.5. The summed E-state index contributed by atoms with van der Waals surface area (Å²) in [5.74, 6) is 6.78. The topological polar surface area (TPSA) is 100 Å². The summed E-state index contributed by atoms with van der Waals surface area (Å²) in [5.41, 5.74) is 8.63. The Morgan fingerprint density at radius 3 is 2.91 bits per heavy atom. The summed E-state index contributed by atoms with van der Waals surface area (Å²) >= 11 is 7.62. The molecule has 1 heterocycles. The first-order valence-corrected chi connectivity index (χ1v) is 11.8. The van der Waals surface area contributed by atoms with Gasteiger partial charge in [-0.3, -0.25) is 4.79 Å². The number of amides is 1. The van der Waals surface area contributed by atoms with Crippen LogP contribution in [0.1, 0.15) is 43.2 Å². The highest BCUT2D eigenvalue weighted by Gasteiger charge is 2.18. The second kappa shape index (κ2) is 10.1. The van der Waals surface area contributed by atoms with E-state index in [4.69, 9.17) is 17.3 Å². The molecule has 166 valence electrons. The van der Waals surface area contributed by atoms with Gasteiger partial charge in [-0.1, -0.05) is 53.7 Å². The van der Waals surface area contributed by atoms with Gasteiger partial charge in [0, 0.05) is 18.5 Å². The molecule has 2 aromatic carbocycles. The van der Waals surface area contributed by atoms with Crippen LogP contribution in [-0.2, 0) is 11.3 Å². The molecule has 0 unspecified atom stereocenters. The molecule has 4 rings (SSSR count). The fourth-order valence-electron chi connectivity index (χ4n) is 3.95. The lowest BCUT2D eigenvalue weighted by molar-refractivity contribution is -0.122. The molecule has 0 saturated heterocycles. The monoisotopic (exact) mass is 468 g/mol. The summed E-state index contributed by atoms with van der Waals surface area (Å²) in [6, 6.07) is 9.09. The number of hydrogen-bond donors (Lipinski definition) is 4. The average Bonchev–Trinajstić information content (AvgIpc) is 3.40. The zero-order valence-corrected chi connectivity index (χ0v) is 19.2. The van der Waals surface area contributed by atoms with Gasteiger partial charge in [0.05, 0.1) is 22.0 Å². The first-order chi connectivity index (χ1) is 15.5. The van der Waals surface area contributed by atoms with Crippen molar-refractivity contribution in [2.75, 3.05) is 17.6 Å². The number of aromatic nitrogens is 1. The molecule has 0 atom stereocenters. The van der Waals surface area contributed by atoms with Gasteiger partial charge in [-0.15, -0.1) is 0 Å². The number of aromatic hydroxyl groups is 1. The van der Waals surface area contributed by atoms with Gasteiger partial charge in [0.1, 0.15) is 11.3 Å². The average molecular weight is 469 g/mol. The number of nitrogens with two attached hydrogens (primary N) is 1. The minimum Gasteiger partial charge on any atom is -0.506 e. The molecular weight excluding hydrogens is 444 g/mol. The molecule has 1 amide bonds. The van der Waals surface area contributed by atoms with Crippen molar-refractivity contribution in [3.63, 3.8) is 0 Å². The van der Waals surface area contributed by atoms with Gasteiger partial charge < -0.3 is 21.5 Å². The third-order valence-corrected chi connectivity index (χ3v) is 6.72. The SMILES string of the molecule is Nc1nc2c(O)cc(C#CCNc3cc(CNC(=O)CC4CCCC4)ccc3Cl)cc2s1. The Morgan fingerprint density at radius 2 is 2.09 bits per heavy atom. The van der Waals surface area contributed by atoms with Crippen molar-refractivity contribution in [3.05, 3.63) is 46.5 Å². The second-order valence-electron chi connectivity index (χ2n) is 8.00. The molecular formula is C24H25ClN4O2S. The molecule has 5 N–H and O–H groups in total. The third-order valence-electron chi connectivity index (χ3n) is 5.56. The number of nitrogens with one attached hydrogen (secondary N) is 2. The molecule has 0 aliphatic heterocycles. The van der Waals surface area contributed by atoms with Gasteiger partial charge in [0.2, 0.25) is 5.91 Å². The van der Waals surface area contributed by atoms with Crippen LogP contribution in [0.2, 0.25) is 5.02 Å². The minimum atomic E-state index is 0.0680. The van der Waals surface area contributed by atoms with Crippen molar-refractivity contribution in [1.29, 1.82) is 0 Å². The Hall–Kier alpha value is -2.95. The number of halogens is 1. The molecule has 0 radical (unpaired) electrons. The molecule has 1 fully saturated rings. The lowest BCUT2D eigenvalue weighted by atomic mass is 10.0. The van der Waals surface area contributed by atoms with E-state index in [-0.39, 0.29) is 11.7 Å². The quantitative estimate of drug-likeness (QED) is 0.385. The van der Waals surface area contributed by atoms with E-state index in [0.29, 0.717) is 46.7 Å². The zero-order valence-electron chi connectivity index (χ0n) is 17.6. The van der Waals surface area contributed by atoms with Crippen molar-refractivity contribution in [1.82, 2.24) is 10.3 Å². The summed E-state index contributed by atoms with van der Waals surface area (Å²) in [6.07, 6.45) is 5.42. The predicted octanol–water partition coefficient (Wildman–Crippen LogP) is 4.90. The summed E-state index contributed by atoms with van der Waals surface area (Å²) in [4.78, 5) is 16.3. The van der Waals surface area contributed by atoms with E-state index in [1.165, 1.54) is 24.2 Å². The van der Waals surface area contributed by atoms with Crippen LogP contribution >= 0.6 is 22.9 Å². The number of benzene rings is 2. The number of rotatable bonds is 6. The third kappa shape index (κ3) is 5.64. The molecule has 32 heavy (non-hydrogen) atoms. The highest BCUT2D eigenvalue weighted by Crippen LogP contribution is 2.31. The van der Waals surface area contributed by atoms with Gasteiger partial charge in [0.15, 0.2) is 5.13 Å². The number of phenolic OH excluding ortho intramolecular Hbond substituents is 1. The van der Waals surface area contributed by atoms with Crippen LogP contribution < -0.4 is 16.4 Å². The lowest BCUT2D eigenvalue weighted by Crippen LogP contribution is -2.24. The van der Waals surface area contributed by atoms with E-state index in [1.54, 1.807) is 6.07 Å². The predicted molar refractivity (Wildman–Crippen MR) is 131 cm³/mol. The number of thiazole rings is 1. The summed E-state index contributed by atoms with van der Waals surface area (Å²) in [5, 5.41) is 17.3. The Balaban J connectivity index is 1.33. The van der Waals surface area contributed by atoms with Crippen molar-refractivity contribution < 1.29 is 9.90 Å². The molecule has 3 aromatic rings. The minimum absolute atomic E-state index is 0.0680. The molecule has 1 saturated carbocycles. The number of anilines is 2. The van der Waals surface area contributed by atoms with E-state index in [2.05, 4.69) is 27.5 Å². The van der Waals surface area contributed by atoms with Crippen LogP contribution in [0.5, 0.6) is 5.75 Å². The fourth-order valence-corrected chi connectivity index (χ4v) is 4.93. The van der Waals surface area contributed by atoms with E-state index >= 15 is 0 Å². The van der Waals surface area contributed by atoms with Gasteiger partial charge >= 0.3 is 0 Å². The van der Waals surface area contributed by atoms with Gasteiger partial charge in [-0.2, -0.15) is 0 Å². The first-order valence-electron chi connectivity index (χ1n) is 10.6. The summed E-state index contributed by atoms with van der Waals surface area (Å²) in [7, 11) is 0. The Kier molecular flexibility index (Phi) is 7.03. The van der Waals surface area contributed by atoms with Crippen molar-refractivity contribution in [2.45, 2.75) is 38.6 Å². The van der Waals surface area contributed by atoms with Crippen molar-refractivity contribution >= 4 is 49.9 Å². The Bertz CT molecular complexity index is 1190. The van der Waals surface area contributed by atoms with Crippen LogP contribution in [-0.4, -0.2) is 22.5 Å². The van der Waals surface area contributed by atoms with E-state index in [1.807, 2.05) is 24.3 Å². The number of carbonyl (C=O) groups excluding carboxylic acids is 1. The van der Waals surface area contributed by atoms with Gasteiger partial charge in [0.25, 0.3) is 0 Å². The summed E-state index contributed by atoms with van der Waals surface area (Å²) < 4.78 is 0.797. The molecule has 1 aromatic heterocycles. The Morgan fingerprint density at radius 1 is 1.28 bits per heavy atom. The van der Waals surface area contributed by atoms with E-state index in [9.17, 15) is 9.90 Å². The molecule has 1 aliphatic carbocycles. The van der Waals surface area contributed by atoms with Crippen molar-refractivity contribution in [3.8, 4) is 17.6 Å². The second-order valence-corrected chi connectivity index (χ2v) is 9.46. The number of carbonyl (C=O) groups is 1. The normalized spacial score (nSPS) is 13.7. The summed E-state index contributed by atoms with van der Waals surface area (Å²) in [6.45, 7) is 0.848. The maximum Gasteiger partial charge on any atom is 0.220 e. The lowest BCUT2D eigenvalue weighted by Gasteiger charge is -2.11. The van der Waals surface area contributed by atoms with Gasteiger partial charge in [-0.25, -0.2) is 4.98 Å². The molecule has 1 aliphatic rings. The van der Waals surface area contributed by atoms with Crippen LogP contribution in [0.3, 0.4) is 0 Å². The Labute approximate surface area is 196 Å². The van der Waals surface area contributed by atoms with Crippen molar-refractivity contribution in [2.24, 2.45) is 5.92 Å². The number of nitrogen functional groups attached to an aromatic ring is 1. The molecule has 6 nitrogen and oxygen atoms in total. The van der Waals surface area contributed by atoms with Crippen LogP contribution in [0.25, 0.3) is 10.2 Å².